The predicted molar refractivity (Wildman–Crippen MR) is 31.3 cm³/mol. The van der Waals surface area contributed by atoms with Crippen molar-refractivity contribution in [3.05, 3.63) is 11.6 Å². The van der Waals surface area contributed by atoms with Gasteiger partial charge in [-0.25, -0.2) is 0 Å². The summed E-state index contributed by atoms with van der Waals surface area (Å²) >= 11 is 0. The molecule has 3 nitrogen and oxygen atoms in total. The fourth-order valence-electron chi connectivity index (χ4n) is 0.280. The first-order valence-electron chi connectivity index (χ1n) is 2.13. The van der Waals surface area contributed by atoms with E-state index in [9.17, 15) is 0 Å². The molecule has 0 bridgehead atoms. The summed E-state index contributed by atoms with van der Waals surface area (Å²) in [6.45, 7) is 1.67. The quantitative estimate of drug-likeness (QED) is 0.290. The summed E-state index contributed by atoms with van der Waals surface area (Å²) < 4.78 is 0. The van der Waals surface area contributed by atoms with Crippen molar-refractivity contribution in [2.45, 2.75) is 6.92 Å². The zero-order valence-corrected chi connectivity index (χ0v) is 4.60. The molecule has 0 fully saturated rings. The van der Waals surface area contributed by atoms with Crippen LogP contribution in [0.1, 0.15) is 6.92 Å². The summed E-state index contributed by atoms with van der Waals surface area (Å²) in [4.78, 5) is 0. The van der Waals surface area contributed by atoms with Crippen molar-refractivity contribution in [2.24, 2.45) is 5.73 Å². The maximum atomic E-state index is 8.16. The smallest absolute Gasteiger partial charge is 0.133 e. The number of rotatable bonds is 1. The van der Waals surface area contributed by atoms with Crippen molar-refractivity contribution in [3.8, 4) is 6.07 Å². The molecular weight excluding hydrogens is 102 g/mol. The van der Waals surface area contributed by atoms with Crippen molar-refractivity contribution >= 4 is 5.84 Å². The topological polar surface area (TPSA) is 73.7 Å². The minimum atomic E-state index is -0.171. The van der Waals surface area contributed by atoms with Crippen LogP contribution >= 0.6 is 0 Å². The van der Waals surface area contributed by atoms with Gasteiger partial charge in [-0.15, -0.1) is 0 Å². The third-order valence-electron chi connectivity index (χ3n) is 0.699. The van der Waals surface area contributed by atoms with E-state index in [4.69, 9.17) is 16.4 Å². The first-order valence-corrected chi connectivity index (χ1v) is 2.13. The molecule has 0 saturated carbocycles. The number of nitrogens with one attached hydrogen (secondary N) is 1. The monoisotopic (exact) mass is 109 g/mol. The lowest BCUT2D eigenvalue weighted by Crippen LogP contribution is -2.10. The predicted octanol–water partition coefficient (Wildman–Crippen LogP) is 0.392. The fourth-order valence-corrected chi connectivity index (χ4v) is 0.280. The molecule has 0 aliphatic rings. The van der Waals surface area contributed by atoms with E-state index in [0.29, 0.717) is 0 Å². The van der Waals surface area contributed by atoms with Gasteiger partial charge in [-0.2, -0.15) is 5.26 Å². The van der Waals surface area contributed by atoms with Gasteiger partial charge < -0.3 is 5.73 Å². The molecular formula is C5H7N3. The minimum absolute atomic E-state index is 0.171. The number of nitrogens with zero attached hydrogens (tertiary/aromatic N) is 1. The molecule has 0 aliphatic carbocycles. The third kappa shape index (κ3) is 1.43. The van der Waals surface area contributed by atoms with Gasteiger partial charge in [0.05, 0.1) is 5.57 Å². The zero-order valence-electron chi connectivity index (χ0n) is 4.60. The first-order chi connectivity index (χ1) is 3.72. The van der Waals surface area contributed by atoms with Gasteiger partial charge >= 0.3 is 0 Å². The lowest BCUT2D eigenvalue weighted by Gasteiger charge is -1.87. The fraction of sp³-hybridized carbons (Fsp3) is 0.200. The standard InChI is InChI=1S/C5H7N3/c1-2-4(3-6)5(7)8/h2H,1H3,(H3,7,8)/b4-2+. The lowest BCUT2D eigenvalue weighted by atomic mass is 10.3. The highest BCUT2D eigenvalue weighted by atomic mass is 14.7. The van der Waals surface area contributed by atoms with E-state index in [1.54, 1.807) is 13.0 Å². The molecule has 0 heterocycles. The van der Waals surface area contributed by atoms with E-state index in [0.717, 1.165) is 0 Å². The van der Waals surface area contributed by atoms with Crippen molar-refractivity contribution in [2.75, 3.05) is 0 Å². The summed E-state index contributed by atoms with van der Waals surface area (Å²) in [6, 6.07) is 1.76. The Bertz CT molecular complexity index is 161. The van der Waals surface area contributed by atoms with E-state index < -0.39 is 0 Å². The van der Waals surface area contributed by atoms with Gasteiger partial charge in [0.25, 0.3) is 0 Å². The first kappa shape index (κ1) is 6.70. The van der Waals surface area contributed by atoms with Crippen LogP contribution in [0.2, 0.25) is 0 Å². The highest BCUT2D eigenvalue weighted by molar-refractivity contribution is 5.97. The van der Waals surface area contributed by atoms with E-state index in [-0.39, 0.29) is 11.4 Å². The summed E-state index contributed by atoms with van der Waals surface area (Å²) in [6.07, 6.45) is 1.50. The van der Waals surface area contributed by atoms with E-state index >= 15 is 0 Å². The van der Waals surface area contributed by atoms with Crippen LogP contribution in [0.3, 0.4) is 0 Å². The van der Waals surface area contributed by atoms with Crippen LogP contribution in [-0.2, 0) is 0 Å². The Balaban J connectivity index is 4.20. The number of allylic oxidation sites excluding steroid dienone is 1. The lowest BCUT2D eigenvalue weighted by molar-refractivity contribution is 1.41. The molecule has 3 heteroatoms. The normalized spacial score (nSPS) is 10.2. The second-order valence-corrected chi connectivity index (χ2v) is 1.23. The minimum Gasteiger partial charge on any atom is -0.383 e. The van der Waals surface area contributed by atoms with Crippen LogP contribution in [0.15, 0.2) is 11.6 Å². The van der Waals surface area contributed by atoms with Gasteiger partial charge in [0, 0.05) is 0 Å². The van der Waals surface area contributed by atoms with E-state index in [1.165, 1.54) is 6.08 Å². The van der Waals surface area contributed by atoms with E-state index in [1.807, 2.05) is 0 Å². The molecule has 0 aliphatic heterocycles. The molecule has 42 valence electrons. The van der Waals surface area contributed by atoms with Crippen LogP contribution in [0.5, 0.6) is 0 Å². The molecule has 0 atom stereocenters. The van der Waals surface area contributed by atoms with Gasteiger partial charge in [-0.1, -0.05) is 6.08 Å². The van der Waals surface area contributed by atoms with Crippen molar-refractivity contribution in [3.63, 3.8) is 0 Å². The molecule has 3 N–H and O–H groups in total. The summed E-state index contributed by atoms with van der Waals surface area (Å²) in [5.74, 6) is -0.171. The third-order valence-corrected chi connectivity index (χ3v) is 0.699. The average Bonchev–Trinajstić information content (AvgIpc) is 1.69. The molecule has 0 radical (unpaired) electrons. The maximum absolute atomic E-state index is 8.16. The molecule has 0 aromatic heterocycles. The summed E-state index contributed by atoms with van der Waals surface area (Å²) in [5.41, 5.74) is 5.18. The summed E-state index contributed by atoms with van der Waals surface area (Å²) in [5, 5.41) is 14.9. The van der Waals surface area contributed by atoms with Gasteiger partial charge in [-0.05, 0) is 6.92 Å². The molecule has 0 spiro atoms. The number of nitrogens with two attached hydrogens (primary N) is 1. The van der Waals surface area contributed by atoms with Crippen LogP contribution in [0.4, 0.5) is 0 Å². The highest BCUT2D eigenvalue weighted by Gasteiger charge is 1.92. The van der Waals surface area contributed by atoms with Gasteiger partial charge in [0.15, 0.2) is 0 Å². The Hall–Kier alpha value is -1.30. The highest BCUT2D eigenvalue weighted by Crippen LogP contribution is 1.86. The van der Waals surface area contributed by atoms with Crippen molar-refractivity contribution in [1.29, 1.82) is 10.7 Å². The number of amidine groups is 1. The Morgan fingerprint density at radius 3 is 2.38 bits per heavy atom. The second kappa shape index (κ2) is 2.80. The maximum Gasteiger partial charge on any atom is 0.133 e. The molecule has 0 aromatic rings. The van der Waals surface area contributed by atoms with Crippen LogP contribution in [0, 0.1) is 16.7 Å². The van der Waals surface area contributed by atoms with E-state index in [2.05, 4.69) is 0 Å². The number of nitriles is 1. The largest absolute Gasteiger partial charge is 0.383 e. The zero-order chi connectivity index (χ0) is 6.57. The molecule has 0 rings (SSSR count). The Kier molecular flexibility index (Phi) is 2.35. The van der Waals surface area contributed by atoms with Crippen LogP contribution in [0.25, 0.3) is 0 Å². The van der Waals surface area contributed by atoms with Crippen molar-refractivity contribution in [1.82, 2.24) is 0 Å². The Labute approximate surface area is 47.9 Å². The van der Waals surface area contributed by atoms with Crippen LogP contribution < -0.4 is 5.73 Å². The van der Waals surface area contributed by atoms with Gasteiger partial charge in [-0.3, -0.25) is 5.41 Å². The molecule has 0 unspecified atom stereocenters. The summed E-state index contributed by atoms with van der Waals surface area (Å²) in [7, 11) is 0. The average molecular weight is 109 g/mol. The van der Waals surface area contributed by atoms with Gasteiger partial charge in [0.2, 0.25) is 0 Å². The Morgan fingerprint density at radius 1 is 1.88 bits per heavy atom. The number of hydrogen-bond acceptors (Lipinski definition) is 2. The van der Waals surface area contributed by atoms with Crippen LogP contribution in [-0.4, -0.2) is 5.84 Å². The van der Waals surface area contributed by atoms with Gasteiger partial charge in [0.1, 0.15) is 11.9 Å². The second-order valence-electron chi connectivity index (χ2n) is 1.23. The SMILES string of the molecule is C/C=C(\C#N)C(=N)N. The molecule has 8 heavy (non-hydrogen) atoms. The Morgan fingerprint density at radius 2 is 2.38 bits per heavy atom. The number of hydrogen-bond donors (Lipinski definition) is 2. The molecule has 0 saturated heterocycles. The molecule has 0 aromatic carbocycles. The van der Waals surface area contributed by atoms with Crippen molar-refractivity contribution < 1.29 is 0 Å². The molecule has 0 amide bonds.